The summed E-state index contributed by atoms with van der Waals surface area (Å²) in [5.41, 5.74) is 7.11. The molecule has 24 heavy (non-hydrogen) atoms. The highest BCUT2D eigenvalue weighted by Crippen LogP contribution is 2.25. The molecule has 0 bridgehead atoms. The number of hydrogen-bond donors (Lipinski definition) is 2. The maximum atomic E-state index is 12.6. The first-order chi connectivity index (χ1) is 11.1. The number of amides is 2. The third-order valence-electron chi connectivity index (χ3n) is 4.55. The molecule has 2 amide bonds. The van der Waals surface area contributed by atoms with Crippen LogP contribution >= 0.6 is 12.4 Å². The molecule has 1 aromatic carbocycles. The van der Waals surface area contributed by atoms with Crippen molar-refractivity contribution in [1.82, 2.24) is 4.90 Å². The first kappa shape index (κ1) is 20.5. The monoisotopic (exact) mass is 353 g/mol. The molecule has 1 saturated carbocycles. The Morgan fingerprint density at radius 1 is 1.21 bits per heavy atom. The van der Waals surface area contributed by atoms with Crippen molar-refractivity contribution in [3.05, 3.63) is 29.8 Å². The molecule has 1 aliphatic rings. The number of hydrogen-bond acceptors (Lipinski definition) is 3. The van der Waals surface area contributed by atoms with Crippen LogP contribution in [0.2, 0.25) is 0 Å². The van der Waals surface area contributed by atoms with Crippen molar-refractivity contribution < 1.29 is 9.59 Å². The maximum absolute atomic E-state index is 12.6. The number of nitrogens with zero attached hydrogens (tertiary/aromatic N) is 1. The number of rotatable bonds is 5. The fourth-order valence-electron chi connectivity index (χ4n) is 3.16. The summed E-state index contributed by atoms with van der Waals surface area (Å²) in [7, 11) is 0. The second kappa shape index (κ2) is 9.64. The highest BCUT2D eigenvalue weighted by Gasteiger charge is 2.26. The van der Waals surface area contributed by atoms with E-state index in [1.807, 2.05) is 26.0 Å². The number of carbonyl (C=O) groups is 2. The molecule has 0 saturated heterocycles. The number of nitrogens with two attached hydrogens (primary N) is 1. The molecular weight excluding hydrogens is 326 g/mol. The summed E-state index contributed by atoms with van der Waals surface area (Å²) < 4.78 is 0. The third-order valence-corrected chi connectivity index (χ3v) is 4.55. The molecule has 5 nitrogen and oxygen atoms in total. The lowest BCUT2D eigenvalue weighted by molar-refractivity contribution is -0.120. The van der Waals surface area contributed by atoms with Gasteiger partial charge in [0.05, 0.1) is 11.3 Å². The van der Waals surface area contributed by atoms with E-state index in [4.69, 9.17) is 5.73 Å². The summed E-state index contributed by atoms with van der Waals surface area (Å²) >= 11 is 0. The van der Waals surface area contributed by atoms with Crippen molar-refractivity contribution in [2.45, 2.75) is 45.6 Å². The van der Waals surface area contributed by atoms with Gasteiger partial charge in [-0.2, -0.15) is 0 Å². The van der Waals surface area contributed by atoms with Crippen LogP contribution in [0.5, 0.6) is 0 Å². The summed E-state index contributed by atoms with van der Waals surface area (Å²) in [6.07, 6.45) is 3.56. The van der Waals surface area contributed by atoms with Crippen molar-refractivity contribution in [3.8, 4) is 0 Å². The van der Waals surface area contributed by atoms with E-state index in [2.05, 4.69) is 5.32 Å². The van der Waals surface area contributed by atoms with Crippen LogP contribution in [0.4, 0.5) is 5.69 Å². The van der Waals surface area contributed by atoms with E-state index in [-0.39, 0.29) is 36.2 Å². The zero-order valence-corrected chi connectivity index (χ0v) is 15.3. The van der Waals surface area contributed by atoms with Crippen LogP contribution < -0.4 is 11.1 Å². The smallest absolute Gasteiger partial charge is 0.255 e. The van der Waals surface area contributed by atoms with Gasteiger partial charge in [-0.15, -0.1) is 12.4 Å². The van der Waals surface area contributed by atoms with Crippen molar-refractivity contribution in [3.63, 3.8) is 0 Å². The number of benzene rings is 1. The van der Waals surface area contributed by atoms with E-state index in [0.29, 0.717) is 24.3 Å². The molecule has 0 aliphatic heterocycles. The maximum Gasteiger partial charge on any atom is 0.255 e. The topological polar surface area (TPSA) is 75.4 Å². The lowest BCUT2D eigenvalue weighted by atomic mass is 9.85. The quantitative estimate of drug-likeness (QED) is 0.854. The van der Waals surface area contributed by atoms with E-state index >= 15 is 0 Å². The molecule has 1 aliphatic carbocycles. The average molecular weight is 354 g/mol. The minimum Gasteiger partial charge on any atom is -0.339 e. The zero-order chi connectivity index (χ0) is 16.8. The van der Waals surface area contributed by atoms with Gasteiger partial charge in [-0.3, -0.25) is 9.59 Å². The average Bonchev–Trinajstić information content (AvgIpc) is 2.56. The fourth-order valence-corrected chi connectivity index (χ4v) is 3.16. The minimum absolute atomic E-state index is 0. The van der Waals surface area contributed by atoms with E-state index in [0.717, 1.165) is 25.7 Å². The van der Waals surface area contributed by atoms with E-state index < -0.39 is 0 Å². The normalized spacial score (nSPS) is 20.0. The Bertz CT molecular complexity index is 561. The zero-order valence-electron chi connectivity index (χ0n) is 14.5. The molecular formula is C18H28ClN3O2. The number of para-hydroxylation sites is 1. The largest absolute Gasteiger partial charge is 0.339 e. The molecule has 3 N–H and O–H groups in total. The number of nitrogens with one attached hydrogen (secondary N) is 1. The van der Waals surface area contributed by atoms with Crippen LogP contribution in [0.15, 0.2) is 24.3 Å². The molecule has 134 valence electrons. The van der Waals surface area contributed by atoms with Crippen LogP contribution in [0.25, 0.3) is 0 Å². The molecule has 2 rings (SSSR count). The second-order valence-corrected chi connectivity index (χ2v) is 6.14. The highest BCUT2D eigenvalue weighted by atomic mass is 35.5. The van der Waals surface area contributed by atoms with Gasteiger partial charge in [0.15, 0.2) is 0 Å². The molecule has 0 spiro atoms. The van der Waals surface area contributed by atoms with Crippen molar-refractivity contribution in [2.75, 3.05) is 18.4 Å². The molecule has 2 atom stereocenters. The fraction of sp³-hybridized carbons (Fsp3) is 0.556. The summed E-state index contributed by atoms with van der Waals surface area (Å²) in [5, 5.41) is 2.94. The van der Waals surface area contributed by atoms with Crippen LogP contribution in [0.3, 0.4) is 0 Å². The van der Waals surface area contributed by atoms with Crippen molar-refractivity contribution in [1.29, 1.82) is 0 Å². The Labute approximate surface area is 150 Å². The Hall–Kier alpha value is -1.59. The van der Waals surface area contributed by atoms with Gasteiger partial charge >= 0.3 is 0 Å². The summed E-state index contributed by atoms with van der Waals surface area (Å²) in [6.45, 7) is 5.20. The molecule has 0 heterocycles. The van der Waals surface area contributed by atoms with Gasteiger partial charge in [0.25, 0.3) is 5.91 Å². The van der Waals surface area contributed by atoms with Gasteiger partial charge in [0.2, 0.25) is 5.91 Å². The van der Waals surface area contributed by atoms with Gasteiger partial charge in [-0.25, -0.2) is 0 Å². The molecule has 0 radical (unpaired) electrons. The van der Waals surface area contributed by atoms with Gasteiger partial charge < -0.3 is 16.0 Å². The van der Waals surface area contributed by atoms with Crippen molar-refractivity contribution in [2.24, 2.45) is 11.7 Å². The van der Waals surface area contributed by atoms with Crippen LogP contribution in [0, 0.1) is 5.92 Å². The lowest BCUT2D eigenvalue weighted by Gasteiger charge is -2.26. The number of carbonyl (C=O) groups excluding carboxylic acids is 2. The Kier molecular flexibility index (Phi) is 8.22. The van der Waals surface area contributed by atoms with E-state index in [1.54, 1.807) is 17.0 Å². The summed E-state index contributed by atoms with van der Waals surface area (Å²) in [5.74, 6) is -0.137. The predicted molar refractivity (Wildman–Crippen MR) is 99.5 cm³/mol. The predicted octanol–water partition coefficient (Wildman–Crippen LogP) is 3.05. The number of anilines is 1. The molecule has 0 aromatic heterocycles. The van der Waals surface area contributed by atoms with Gasteiger partial charge in [-0.1, -0.05) is 18.6 Å². The first-order valence-electron chi connectivity index (χ1n) is 8.51. The van der Waals surface area contributed by atoms with Crippen molar-refractivity contribution >= 4 is 29.9 Å². The van der Waals surface area contributed by atoms with Crippen LogP contribution in [0.1, 0.15) is 49.9 Å². The summed E-state index contributed by atoms with van der Waals surface area (Å²) in [6, 6.07) is 7.32. The van der Waals surface area contributed by atoms with Gasteiger partial charge in [0, 0.05) is 25.0 Å². The SMILES string of the molecule is CCN(CC)C(=O)c1ccccc1NC(=O)C1CCCC(N)C1.Cl. The first-order valence-corrected chi connectivity index (χ1v) is 8.51. The van der Waals surface area contributed by atoms with E-state index in [9.17, 15) is 9.59 Å². The Morgan fingerprint density at radius 2 is 1.88 bits per heavy atom. The van der Waals surface area contributed by atoms with Gasteiger partial charge in [0.1, 0.15) is 0 Å². The molecule has 6 heteroatoms. The number of halogens is 1. The standard InChI is InChI=1S/C18H27N3O2.ClH/c1-3-21(4-2)18(23)15-10-5-6-11-16(15)20-17(22)13-8-7-9-14(19)12-13;/h5-6,10-11,13-14H,3-4,7-9,12,19H2,1-2H3,(H,20,22);1H. The van der Waals surface area contributed by atoms with E-state index in [1.165, 1.54) is 0 Å². The minimum atomic E-state index is -0.0599. The lowest BCUT2D eigenvalue weighted by Crippen LogP contribution is -2.35. The molecule has 1 aromatic rings. The molecule has 1 fully saturated rings. The third kappa shape index (κ3) is 4.95. The van der Waals surface area contributed by atoms with Crippen LogP contribution in [-0.4, -0.2) is 35.8 Å². The Morgan fingerprint density at radius 3 is 2.50 bits per heavy atom. The van der Waals surface area contributed by atoms with Crippen LogP contribution in [-0.2, 0) is 4.79 Å². The summed E-state index contributed by atoms with van der Waals surface area (Å²) in [4.78, 5) is 26.8. The molecule has 2 unspecified atom stereocenters. The highest BCUT2D eigenvalue weighted by molar-refractivity contribution is 6.04. The van der Waals surface area contributed by atoms with Gasteiger partial charge in [-0.05, 0) is 45.2 Å². The Balaban J connectivity index is 0.00000288. The second-order valence-electron chi connectivity index (χ2n) is 6.14.